The Balaban J connectivity index is 1.47. The van der Waals surface area contributed by atoms with E-state index in [2.05, 4.69) is 70.5 Å². The second kappa shape index (κ2) is 9.13. The summed E-state index contributed by atoms with van der Waals surface area (Å²) in [4.78, 5) is 9.53. The van der Waals surface area contributed by atoms with Crippen molar-refractivity contribution < 1.29 is 4.52 Å². The molecule has 2 aromatic carbocycles. The number of aromatic nitrogens is 2. The molecule has 28 heavy (non-hydrogen) atoms. The van der Waals surface area contributed by atoms with E-state index in [4.69, 9.17) is 9.51 Å². The van der Waals surface area contributed by atoms with Crippen LogP contribution in [-0.2, 0) is 6.54 Å². The zero-order valence-electron chi connectivity index (χ0n) is 16.5. The molecule has 0 N–H and O–H groups in total. The van der Waals surface area contributed by atoms with E-state index in [1.54, 1.807) is 0 Å². The van der Waals surface area contributed by atoms with Gasteiger partial charge in [0.2, 0.25) is 5.89 Å². The van der Waals surface area contributed by atoms with Crippen molar-refractivity contribution in [2.75, 3.05) is 33.2 Å². The highest BCUT2D eigenvalue weighted by molar-refractivity contribution is 5.37. The average Bonchev–Trinajstić information content (AvgIpc) is 3.41. The van der Waals surface area contributed by atoms with Crippen LogP contribution >= 0.6 is 0 Å². The summed E-state index contributed by atoms with van der Waals surface area (Å²) >= 11 is 0. The number of benzene rings is 2. The van der Waals surface area contributed by atoms with Crippen LogP contribution in [0.4, 0.5) is 0 Å². The molecule has 1 saturated heterocycles. The van der Waals surface area contributed by atoms with E-state index in [-0.39, 0.29) is 5.92 Å². The molecule has 0 spiro atoms. The molecule has 0 radical (unpaired) electrons. The molecular weight excluding hydrogens is 348 g/mol. The predicted molar refractivity (Wildman–Crippen MR) is 110 cm³/mol. The van der Waals surface area contributed by atoms with Gasteiger partial charge in [0.05, 0.1) is 12.5 Å². The van der Waals surface area contributed by atoms with E-state index in [0.29, 0.717) is 12.4 Å². The van der Waals surface area contributed by atoms with Crippen molar-refractivity contribution in [3.63, 3.8) is 0 Å². The molecule has 0 bridgehead atoms. The highest BCUT2D eigenvalue weighted by atomic mass is 16.5. The quantitative estimate of drug-likeness (QED) is 0.599. The molecule has 0 saturated carbocycles. The number of hydrogen-bond acceptors (Lipinski definition) is 5. The Morgan fingerprint density at radius 3 is 2.18 bits per heavy atom. The summed E-state index contributed by atoms with van der Waals surface area (Å²) in [5, 5.41) is 4.34. The Labute approximate surface area is 167 Å². The number of rotatable bonds is 8. The van der Waals surface area contributed by atoms with E-state index >= 15 is 0 Å². The van der Waals surface area contributed by atoms with E-state index < -0.39 is 0 Å². The van der Waals surface area contributed by atoms with Gasteiger partial charge in [-0.1, -0.05) is 65.8 Å². The highest BCUT2D eigenvalue weighted by Crippen LogP contribution is 2.29. The van der Waals surface area contributed by atoms with Crippen molar-refractivity contribution in [2.24, 2.45) is 0 Å². The molecule has 0 aliphatic carbocycles. The van der Waals surface area contributed by atoms with Crippen molar-refractivity contribution in [2.45, 2.75) is 25.3 Å². The Kier molecular flexibility index (Phi) is 6.14. The van der Waals surface area contributed by atoms with Gasteiger partial charge in [0.25, 0.3) is 0 Å². The minimum absolute atomic E-state index is 0.0187. The summed E-state index contributed by atoms with van der Waals surface area (Å²) in [6.45, 7) is 5.26. The van der Waals surface area contributed by atoms with Gasteiger partial charge < -0.3 is 9.42 Å². The Morgan fingerprint density at radius 1 is 0.964 bits per heavy atom. The third-order valence-corrected chi connectivity index (χ3v) is 5.41. The van der Waals surface area contributed by atoms with Crippen LogP contribution in [0.1, 0.15) is 41.6 Å². The highest BCUT2D eigenvalue weighted by Gasteiger charge is 2.22. The predicted octanol–water partition coefficient (Wildman–Crippen LogP) is 3.78. The van der Waals surface area contributed by atoms with Crippen LogP contribution in [0.15, 0.2) is 65.2 Å². The van der Waals surface area contributed by atoms with Gasteiger partial charge in [0, 0.05) is 13.1 Å². The maximum Gasteiger partial charge on any atom is 0.240 e. The molecule has 0 amide bonds. The second-order valence-corrected chi connectivity index (χ2v) is 7.59. The lowest BCUT2D eigenvalue weighted by molar-refractivity contribution is 0.227. The Morgan fingerprint density at radius 2 is 1.57 bits per heavy atom. The van der Waals surface area contributed by atoms with Crippen molar-refractivity contribution >= 4 is 0 Å². The SMILES string of the molecule is CN(CCN1CCCC1)Cc1nc(C(c2ccccc2)c2ccccc2)no1. The molecule has 5 heteroatoms. The summed E-state index contributed by atoms with van der Waals surface area (Å²) in [6, 6.07) is 20.8. The smallest absolute Gasteiger partial charge is 0.240 e. The Bertz CT molecular complexity index is 804. The van der Waals surface area contributed by atoms with Crippen molar-refractivity contribution in [3.8, 4) is 0 Å². The third-order valence-electron chi connectivity index (χ3n) is 5.41. The van der Waals surface area contributed by atoms with Gasteiger partial charge in [-0.15, -0.1) is 0 Å². The summed E-state index contributed by atoms with van der Waals surface area (Å²) in [7, 11) is 2.12. The topological polar surface area (TPSA) is 45.4 Å². The maximum atomic E-state index is 5.61. The zero-order chi connectivity index (χ0) is 19.2. The molecule has 0 atom stereocenters. The first-order valence-electron chi connectivity index (χ1n) is 10.1. The fourth-order valence-electron chi connectivity index (χ4n) is 3.86. The normalized spacial score (nSPS) is 15.0. The van der Waals surface area contributed by atoms with Gasteiger partial charge >= 0.3 is 0 Å². The van der Waals surface area contributed by atoms with Crippen LogP contribution in [0.2, 0.25) is 0 Å². The standard InChI is InChI=1S/C23H28N4O/c1-26(16-17-27-14-8-9-15-27)18-21-24-23(25-28-21)22(19-10-4-2-5-11-19)20-12-6-3-7-13-20/h2-7,10-13,22H,8-9,14-18H2,1H3. The molecule has 2 heterocycles. The molecule has 1 fully saturated rings. The van der Waals surface area contributed by atoms with Gasteiger partial charge in [-0.2, -0.15) is 4.98 Å². The molecule has 0 unspecified atom stereocenters. The summed E-state index contributed by atoms with van der Waals surface area (Å²) in [6.07, 6.45) is 2.66. The molecule has 5 nitrogen and oxygen atoms in total. The van der Waals surface area contributed by atoms with Gasteiger partial charge in [-0.05, 0) is 44.1 Å². The van der Waals surface area contributed by atoms with Crippen molar-refractivity contribution in [3.05, 3.63) is 83.5 Å². The summed E-state index contributed by atoms with van der Waals surface area (Å²) in [5.41, 5.74) is 2.34. The van der Waals surface area contributed by atoms with Crippen LogP contribution in [-0.4, -0.2) is 53.2 Å². The summed E-state index contributed by atoms with van der Waals surface area (Å²) < 4.78 is 5.61. The first-order valence-corrected chi connectivity index (χ1v) is 10.1. The van der Waals surface area contributed by atoms with Crippen molar-refractivity contribution in [1.82, 2.24) is 19.9 Å². The number of hydrogen-bond donors (Lipinski definition) is 0. The molecule has 4 rings (SSSR count). The molecule has 3 aromatic rings. The van der Waals surface area contributed by atoms with E-state index in [1.165, 1.54) is 37.1 Å². The fraction of sp³-hybridized carbons (Fsp3) is 0.391. The largest absolute Gasteiger partial charge is 0.338 e. The number of likely N-dealkylation sites (tertiary alicyclic amines) is 1. The first kappa shape index (κ1) is 18.8. The minimum Gasteiger partial charge on any atom is -0.338 e. The van der Waals surface area contributed by atoms with Crippen LogP contribution in [0.5, 0.6) is 0 Å². The third kappa shape index (κ3) is 4.66. The second-order valence-electron chi connectivity index (χ2n) is 7.59. The van der Waals surface area contributed by atoms with Gasteiger partial charge in [-0.3, -0.25) is 4.90 Å². The minimum atomic E-state index is -0.0187. The first-order chi connectivity index (χ1) is 13.8. The number of likely N-dealkylation sites (N-methyl/N-ethyl adjacent to an activating group) is 1. The van der Waals surface area contributed by atoms with Crippen molar-refractivity contribution in [1.29, 1.82) is 0 Å². The molecule has 1 aliphatic rings. The summed E-state index contributed by atoms with van der Waals surface area (Å²) in [5.74, 6) is 1.38. The number of nitrogens with zero attached hydrogens (tertiary/aromatic N) is 4. The lowest BCUT2D eigenvalue weighted by atomic mass is 9.91. The van der Waals surface area contributed by atoms with E-state index in [9.17, 15) is 0 Å². The lowest BCUT2D eigenvalue weighted by Crippen LogP contribution is -2.31. The van der Waals surface area contributed by atoms with Crippen LogP contribution in [0, 0.1) is 0 Å². The fourth-order valence-corrected chi connectivity index (χ4v) is 3.86. The molecule has 146 valence electrons. The average molecular weight is 377 g/mol. The van der Waals surface area contributed by atoms with Crippen LogP contribution < -0.4 is 0 Å². The molecule has 1 aromatic heterocycles. The molecular formula is C23H28N4O. The Hall–Kier alpha value is -2.50. The maximum absolute atomic E-state index is 5.61. The lowest BCUT2D eigenvalue weighted by Gasteiger charge is -2.19. The monoisotopic (exact) mass is 376 g/mol. The van der Waals surface area contributed by atoms with Crippen LogP contribution in [0.3, 0.4) is 0 Å². The van der Waals surface area contributed by atoms with E-state index in [1.807, 2.05) is 12.1 Å². The van der Waals surface area contributed by atoms with Gasteiger partial charge in [-0.25, -0.2) is 0 Å². The van der Waals surface area contributed by atoms with Gasteiger partial charge in [0.1, 0.15) is 0 Å². The molecule has 1 aliphatic heterocycles. The van der Waals surface area contributed by atoms with Gasteiger partial charge in [0.15, 0.2) is 5.82 Å². The van der Waals surface area contributed by atoms with Crippen LogP contribution in [0.25, 0.3) is 0 Å². The van der Waals surface area contributed by atoms with E-state index in [0.717, 1.165) is 18.9 Å². The zero-order valence-corrected chi connectivity index (χ0v) is 16.5.